The van der Waals surface area contributed by atoms with E-state index in [2.05, 4.69) is 22.3 Å². The molecule has 0 saturated carbocycles. The van der Waals surface area contributed by atoms with Crippen molar-refractivity contribution in [1.29, 1.82) is 0 Å². The second-order valence-corrected chi connectivity index (χ2v) is 4.14. The van der Waals surface area contributed by atoms with Crippen molar-refractivity contribution < 1.29 is 0 Å². The summed E-state index contributed by atoms with van der Waals surface area (Å²) in [5.74, 6) is 1.47. The van der Waals surface area contributed by atoms with Gasteiger partial charge in [0.25, 0.3) is 0 Å². The molecule has 2 aromatic rings. The molecule has 1 heterocycles. The van der Waals surface area contributed by atoms with Gasteiger partial charge >= 0.3 is 0 Å². The fourth-order valence-corrected chi connectivity index (χ4v) is 1.99. The number of rotatable bonds is 3. The molecule has 0 spiro atoms. The van der Waals surface area contributed by atoms with Crippen LogP contribution in [0.3, 0.4) is 0 Å². The maximum atomic E-state index is 5.74. The number of anilines is 1. The van der Waals surface area contributed by atoms with Crippen molar-refractivity contribution in [2.24, 2.45) is 0 Å². The summed E-state index contributed by atoms with van der Waals surface area (Å²) in [5.41, 5.74) is 0.957. The van der Waals surface area contributed by atoms with Crippen molar-refractivity contribution in [2.45, 2.75) is 6.92 Å². The molecule has 0 unspecified atom stereocenters. The van der Waals surface area contributed by atoms with E-state index in [9.17, 15) is 0 Å². The van der Waals surface area contributed by atoms with Crippen LogP contribution in [0.4, 0.5) is 5.82 Å². The number of aryl methyl sites for hydroxylation is 1. The maximum Gasteiger partial charge on any atom is 0.158 e. The van der Waals surface area contributed by atoms with Crippen LogP contribution in [-0.2, 0) is 0 Å². The molecule has 0 aliphatic rings. The molecule has 16 heavy (non-hydrogen) atoms. The normalized spacial score (nSPS) is 10.7. The van der Waals surface area contributed by atoms with Crippen LogP contribution >= 0.6 is 11.6 Å². The Morgan fingerprint density at radius 1 is 1.19 bits per heavy atom. The average molecular weight is 236 g/mol. The van der Waals surface area contributed by atoms with Gasteiger partial charge in [-0.05, 0) is 6.92 Å². The van der Waals surface area contributed by atoms with Gasteiger partial charge in [-0.2, -0.15) is 5.10 Å². The summed E-state index contributed by atoms with van der Waals surface area (Å²) in [7, 11) is 1.98. The Morgan fingerprint density at radius 2 is 1.88 bits per heavy atom. The van der Waals surface area contributed by atoms with Crippen LogP contribution in [-0.4, -0.2) is 29.7 Å². The van der Waals surface area contributed by atoms with E-state index in [1.165, 1.54) is 0 Å². The fourth-order valence-electron chi connectivity index (χ4n) is 1.74. The summed E-state index contributed by atoms with van der Waals surface area (Å²) < 4.78 is 0. The SMILES string of the molecule is Cc1nnc(N(C)CCCl)c2ccccc12. The molecule has 0 saturated heterocycles. The Bertz CT molecular complexity index is 499. The monoisotopic (exact) mass is 235 g/mol. The van der Waals surface area contributed by atoms with E-state index in [-0.39, 0.29) is 0 Å². The third-order valence-electron chi connectivity index (χ3n) is 2.63. The standard InChI is InChI=1S/C12H14ClN3/c1-9-10-5-3-4-6-11(10)12(15-14-9)16(2)8-7-13/h3-6H,7-8H2,1-2H3. The van der Waals surface area contributed by atoms with E-state index in [1.807, 2.05) is 31.0 Å². The Balaban J connectivity index is 2.58. The van der Waals surface area contributed by atoms with E-state index in [0.717, 1.165) is 28.8 Å². The molecule has 1 aromatic carbocycles. The number of hydrogen-bond acceptors (Lipinski definition) is 3. The molecule has 0 aliphatic heterocycles. The molecule has 0 bridgehead atoms. The topological polar surface area (TPSA) is 29.0 Å². The van der Waals surface area contributed by atoms with Gasteiger partial charge in [0.1, 0.15) is 0 Å². The Morgan fingerprint density at radius 3 is 2.56 bits per heavy atom. The van der Waals surface area contributed by atoms with Crippen LogP contribution in [0.5, 0.6) is 0 Å². The second-order valence-electron chi connectivity index (χ2n) is 3.77. The second kappa shape index (κ2) is 4.66. The molecule has 0 aliphatic carbocycles. The summed E-state index contributed by atoms with van der Waals surface area (Å²) in [6, 6.07) is 8.16. The molecular formula is C12H14ClN3. The molecule has 84 valence electrons. The number of halogens is 1. The molecule has 0 fully saturated rings. The first kappa shape index (κ1) is 11.1. The molecule has 1 aromatic heterocycles. The lowest BCUT2D eigenvalue weighted by molar-refractivity contribution is 0.899. The molecule has 4 heteroatoms. The van der Waals surface area contributed by atoms with Gasteiger partial charge in [-0.1, -0.05) is 24.3 Å². The Kier molecular flexibility index (Phi) is 3.25. The van der Waals surface area contributed by atoms with Crippen LogP contribution in [0.2, 0.25) is 0 Å². The Labute approximate surface area is 100 Å². The number of fused-ring (bicyclic) bond motifs is 1. The number of alkyl halides is 1. The number of hydrogen-bond donors (Lipinski definition) is 0. The first-order valence-electron chi connectivity index (χ1n) is 5.23. The summed E-state index contributed by atoms with van der Waals surface area (Å²) in [6.45, 7) is 2.74. The molecular weight excluding hydrogens is 222 g/mol. The van der Waals surface area contributed by atoms with Crippen LogP contribution in [0.15, 0.2) is 24.3 Å². The molecule has 0 atom stereocenters. The number of aromatic nitrogens is 2. The van der Waals surface area contributed by atoms with Crippen molar-refractivity contribution in [2.75, 3.05) is 24.4 Å². The van der Waals surface area contributed by atoms with Crippen molar-refractivity contribution in [1.82, 2.24) is 10.2 Å². The van der Waals surface area contributed by atoms with Crippen molar-refractivity contribution in [3.8, 4) is 0 Å². The molecule has 0 N–H and O–H groups in total. The first-order chi connectivity index (χ1) is 7.74. The van der Waals surface area contributed by atoms with Gasteiger partial charge < -0.3 is 4.90 Å². The van der Waals surface area contributed by atoms with Gasteiger partial charge in [0.15, 0.2) is 5.82 Å². The highest BCUT2D eigenvalue weighted by Gasteiger charge is 2.09. The summed E-state index contributed by atoms with van der Waals surface area (Å²) >= 11 is 5.74. The minimum atomic E-state index is 0.584. The quantitative estimate of drug-likeness (QED) is 0.766. The van der Waals surface area contributed by atoms with Gasteiger partial charge in [-0.25, -0.2) is 0 Å². The zero-order valence-electron chi connectivity index (χ0n) is 9.44. The van der Waals surface area contributed by atoms with Gasteiger partial charge in [0.2, 0.25) is 0 Å². The summed E-state index contributed by atoms with van der Waals surface area (Å²) in [6.07, 6.45) is 0. The van der Waals surface area contributed by atoms with Crippen LogP contribution in [0.25, 0.3) is 10.8 Å². The van der Waals surface area contributed by atoms with Crippen LogP contribution < -0.4 is 4.90 Å². The van der Waals surface area contributed by atoms with E-state index in [0.29, 0.717) is 5.88 Å². The van der Waals surface area contributed by atoms with E-state index in [1.54, 1.807) is 0 Å². The lowest BCUT2D eigenvalue weighted by Crippen LogP contribution is -2.21. The fraction of sp³-hybridized carbons (Fsp3) is 0.333. The highest BCUT2D eigenvalue weighted by atomic mass is 35.5. The zero-order chi connectivity index (χ0) is 11.5. The highest BCUT2D eigenvalue weighted by molar-refractivity contribution is 6.18. The predicted octanol–water partition coefficient (Wildman–Crippen LogP) is 2.61. The third-order valence-corrected chi connectivity index (χ3v) is 2.80. The minimum absolute atomic E-state index is 0.584. The minimum Gasteiger partial charge on any atom is -0.356 e. The predicted molar refractivity (Wildman–Crippen MR) is 68.3 cm³/mol. The van der Waals surface area contributed by atoms with Crippen molar-refractivity contribution >= 4 is 28.2 Å². The summed E-state index contributed by atoms with van der Waals surface area (Å²) in [4.78, 5) is 2.03. The number of nitrogens with zero attached hydrogens (tertiary/aromatic N) is 3. The summed E-state index contributed by atoms with van der Waals surface area (Å²) in [5, 5.41) is 10.7. The molecule has 3 nitrogen and oxygen atoms in total. The van der Waals surface area contributed by atoms with Crippen molar-refractivity contribution in [3.63, 3.8) is 0 Å². The maximum absolute atomic E-state index is 5.74. The number of benzene rings is 1. The van der Waals surface area contributed by atoms with E-state index >= 15 is 0 Å². The molecule has 2 rings (SSSR count). The lowest BCUT2D eigenvalue weighted by Gasteiger charge is -2.18. The van der Waals surface area contributed by atoms with Gasteiger partial charge in [-0.15, -0.1) is 16.7 Å². The smallest absolute Gasteiger partial charge is 0.158 e. The van der Waals surface area contributed by atoms with E-state index in [4.69, 9.17) is 11.6 Å². The zero-order valence-corrected chi connectivity index (χ0v) is 10.2. The Hall–Kier alpha value is -1.35. The van der Waals surface area contributed by atoms with E-state index < -0.39 is 0 Å². The average Bonchev–Trinajstić information content (AvgIpc) is 2.30. The molecule has 0 amide bonds. The highest BCUT2D eigenvalue weighted by Crippen LogP contribution is 2.24. The third kappa shape index (κ3) is 1.95. The lowest BCUT2D eigenvalue weighted by atomic mass is 10.1. The van der Waals surface area contributed by atoms with Gasteiger partial charge in [0.05, 0.1) is 5.69 Å². The van der Waals surface area contributed by atoms with Crippen LogP contribution in [0.1, 0.15) is 5.69 Å². The van der Waals surface area contributed by atoms with Crippen molar-refractivity contribution in [3.05, 3.63) is 30.0 Å². The van der Waals surface area contributed by atoms with Gasteiger partial charge in [0, 0.05) is 30.2 Å². The van der Waals surface area contributed by atoms with Gasteiger partial charge in [-0.3, -0.25) is 0 Å². The molecule has 0 radical (unpaired) electrons. The first-order valence-corrected chi connectivity index (χ1v) is 5.76. The largest absolute Gasteiger partial charge is 0.356 e. The van der Waals surface area contributed by atoms with Crippen LogP contribution in [0, 0.1) is 6.92 Å².